The highest BCUT2D eigenvalue weighted by molar-refractivity contribution is 5.36. The largest absolute Gasteiger partial charge is 0.495 e. The van der Waals surface area contributed by atoms with Gasteiger partial charge in [0.2, 0.25) is 0 Å². The van der Waals surface area contributed by atoms with Gasteiger partial charge in [0.05, 0.1) is 18.8 Å². The topological polar surface area (TPSA) is 47.0 Å². The quantitative estimate of drug-likeness (QED) is 0.877. The second-order valence-electron chi connectivity index (χ2n) is 4.68. The molecular formula is C16H21N3O. The first-order valence-corrected chi connectivity index (χ1v) is 6.91. The lowest BCUT2D eigenvalue weighted by molar-refractivity contribution is 0.399. The minimum Gasteiger partial charge on any atom is -0.495 e. The molecule has 0 aromatic carbocycles. The van der Waals surface area contributed by atoms with E-state index in [1.54, 1.807) is 13.3 Å². The Kier molecular flexibility index (Phi) is 5.07. The van der Waals surface area contributed by atoms with E-state index < -0.39 is 0 Å². The average molecular weight is 271 g/mol. The van der Waals surface area contributed by atoms with Crippen LogP contribution in [0.1, 0.15) is 36.3 Å². The minimum absolute atomic E-state index is 0.0488. The smallest absolute Gasteiger partial charge is 0.142 e. The van der Waals surface area contributed by atoms with Gasteiger partial charge < -0.3 is 10.1 Å². The van der Waals surface area contributed by atoms with Gasteiger partial charge in [-0.05, 0) is 43.7 Å². The summed E-state index contributed by atoms with van der Waals surface area (Å²) in [6.07, 6.45) is 4.66. The second-order valence-corrected chi connectivity index (χ2v) is 4.68. The van der Waals surface area contributed by atoms with Crippen molar-refractivity contribution in [3.05, 3.63) is 53.6 Å². The van der Waals surface area contributed by atoms with Crippen LogP contribution in [0.3, 0.4) is 0 Å². The van der Waals surface area contributed by atoms with Crippen LogP contribution in [0.25, 0.3) is 0 Å². The number of hydrogen-bond donors (Lipinski definition) is 1. The molecule has 0 saturated carbocycles. The summed E-state index contributed by atoms with van der Waals surface area (Å²) in [5, 5.41) is 3.51. The zero-order valence-electron chi connectivity index (χ0n) is 12.3. The Bertz CT molecular complexity index is 557. The molecule has 2 heterocycles. The molecular weight excluding hydrogens is 250 g/mol. The first-order valence-electron chi connectivity index (χ1n) is 6.91. The maximum atomic E-state index is 5.44. The fraction of sp³-hybridized carbons (Fsp3) is 0.375. The molecule has 0 saturated heterocycles. The standard InChI is InChI=1S/C16H21N3O/c1-4-9-17-16(14-12(2)7-5-10-18-14)15-13(20-3)8-6-11-19-15/h5-8,10-11,16-17H,4,9H2,1-3H3. The van der Waals surface area contributed by atoms with Gasteiger partial charge in [-0.1, -0.05) is 13.0 Å². The number of aromatic nitrogens is 2. The molecule has 4 nitrogen and oxygen atoms in total. The summed E-state index contributed by atoms with van der Waals surface area (Å²) in [6.45, 7) is 5.11. The van der Waals surface area contributed by atoms with E-state index >= 15 is 0 Å². The zero-order valence-corrected chi connectivity index (χ0v) is 12.3. The third-order valence-electron chi connectivity index (χ3n) is 3.21. The summed E-state index contributed by atoms with van der Waals surface area (Å²) >= 11 is 0. The Morgan fingerprint density at radius 3 is 2.50 bits per heavy atom. The van der Waals surface area contributed by atoms with Crippen molar-refractivity contribution in [1.29, 1.82) is 0 Å². The number of rotatable bonds is 6. The predicted octanol–water partition coefficient (Wildman–Crippen LogP) is 2.88. The van der Waals surface area contributed by atoms with Gasteiger partial charge in [-0.2, -0.15) is 0 Å². The van der Waals surface area contributed by atoms with E-state index in [-0.39, 0.29) is 6.04 Å². The van der Waals surface area contributed by atoms with Gasteiger partial charge in [0, 0.05) is 12.4 Å². The Hall–Kier alpha value is -1.94. The maximum Gasteiger partial charge on any atom is 0.142 e. The molecule has 20 heavy (non-hydrogen) atoms. The van der Waals surface area contributed by atoms with Crippen molar-refractivity contribution in [3.8, 4) is 5.75 Å². The van der Waals surface area contributed by atoms with Crippen LogP contribution in [0.15, 0.2) is 36.7 Å². The number of nitrogens with one attached hydrogen (secondary N) is 1. The van der Waals surface area contributed by atoms with Crippen LogP contribution in [0.5, 0.6) is 5.75 Å². The number of aryl methyl sites for hydroxylation is 1. The summed E-state index contributed by atoms with van der Waals surface area (Å²) < 4.78 is 5.44. The minimum atomic E-state index is -0.0488. The first-order chi connectivity index (χ1) is 9.77. The van der Waals surface area contributed by atoms with Gasteiger partial charge >= 0.3 is 0 Å². The van der Waals surface area contributed by atoms with Gasteiger partial charge in [-0.3, -0.25) is 9.97 Å². The lowest BCUT2D eigenvalue weighted by Gasteiger charge is -2.21. The highest BCUT2D eigenvalue weighted by Crippen LogP contribution is 2.28. The predicted molar refractivity (Wildman–Crippen MR) is 79.9 cm³/mol. The lowest BCUT2D eigenvalue weighted by atomic mass is 10.0. The van der Waals surface area contributed by atoms with Crippen LogP contribution in [0.2, 0.25) is 0 Å². The van der Waals surface area contributed by atoms with Crippen LogP contribution in [0, 0.1) is 6.92 Å². The molecule has 2 aromatic rings. The fourth-order valence-corrected chi connectivity index (χ4v) is 2.20. The molecule has 1 unspecified atom stereocenters. The zero-order chi connectivity index (χ0) is 14.4. The van der Waals surface area contributed by atoms with Gasteiger partial charge in [-0.15, -0.1) is 0 Å². The number of methoxy groups -OCH3 is 1. The van der Waals surface area contributed by atoms with Crippen molar-refractivity contribution in [3.63, 3.8) is 0 Å². The second kappa shape index (κ2) is 7.01. The third-order valence-corrected chi connectivity index (χ3v) is 3.21. The first kappa shape index (κ1) is 14.5. The SMILES string of the molecule is CCCNC(c1ncccc1C)c1ncccc1OC. The van der Waals surface area contributed by atoms with Gasteiger partial charge in [0.25, 0.3) is 0 Å². The van der Waals surface area contributed by atoms with Gasteiger partial charge in [-0.25, -0.2) is 0 Å². The van der Waals surface area contributed by atoms with Crippen molar-refractivity contribution in [2.75, 3.05) is 13.7 Å². The third kappa shape index (κ3) is 3.14. The molecule has 1 atom stereocenters. The van der Waals surface area contributed by atoms with E-state index in [2.05, 4.69) is 35.2 Å². The number of nitrogens with zero attached hydrogens (tertiary/aromatic N) is 2. The summed E-state index contributed by atoms with van der Waals surface area (Å²) in [7, 11) is 1.67. The lowest BCUT2D eigenvalue weighted by Crippen LogP contribution is -2.26. The Balaban J connectivity index is 2.44. The van der Waals surface area contributed by atoms with Crippen LogP contribution in [-0.2, 0) is 0 Å². The maximum absolute atomic E-state index is 5.44. The van der Waals surface area contributed by atoms with E-state index in [9.17, 15) is 0 Å². The molecule has 0 amide bonds. The van der Waals surface area contributed by atoms with E-state index in [4.69, 9.17) is 4.74 Å². The molecule has 2 rings (SSSR count). The summed E-state index contributed by atoms with van der Waals surface area (Å²) in [6, 6.07) is 7.78. The highest BCUT2D eigenvalue weighted by Gasteiger charge is 2.21. The highest BCUT2D eigenvalue weighted by atomic mass is 16.5. The Morgan fingerprint density at radius 2 is 1.85 bits per heavy atom. The van der Waals surface area contributed by atoms with E-state index in [1.165, 1.54) is 0 Å². The van der Waals surface area contributed by atoms with Crippen LogP contribution in [0.4, 0.5) is 0 Å². The molecule has 106 valence electrons. The number of ether oxygens (including phenoxy) is 1. The molecule has 0 aliphatic heterocycles. The Labute approximate surface area is 120 Å². The number of pyridine rings is 2. The monoisotopic (exact) mass is 271 g/mol. The number of hydrogen-bond acceptors (Lipinski definition) is 4. The summed E-state index contributed by atoms with van der Waals surface area (Å²) in [5.74, 6) is 0.783. The summed E-state index contributed by atoms with van der Waals surface area (Å²) in [5.41, 5.74) is 3.03. The molecule has 0 aliphatic carbocycles. The molecule has 2 aromatic heterocycles. The van der Waals surface area contributed by atoms with Crippen molar-refractivity contribution in [2.24, 2.45) is 0 Å². The Morgan fingerprint density at radius 1 is 1.15 bits per heavy atom. The molecule has 0 bridgehead atoms. The van der Waals surface area contributed by atoms with E-state index in [0.29, 0.717) is 0 Å². The molecule has 0 radical (unpaired) electrons. The van der Waals surface area contributed by atoms with E-state index in [1.807, 2.05) is 24.4 Å². The van der Waals surface area contributed by atoms with Crippen molar-refractivity contribution < 1.29 is 4.74 Å². The van der Waals surface area contributed by atoms with Gasteiger partial charge in [0.15, 0.2) is 0 Å². The van der Waals surface area contributed by atoms with Crippen molar-refractivity contribution in [1.82, 2.24) is 15.3 Å². The van der Waals surface area contributed by atoms with E-state index in [0.717, 1.165) is 35.7 Å². The van der Waals surface area contributed by atoms with Crippen LogP contribution >= 0.6 is 0 Å². The molecule has 4 heteroatoms. The molecule has 0 fully saturated rings. The van der Waals surface area contributed by atoms with Crippen LogP contribution < -0.4 is 10.1 Å². The average Bonchev–Trinajstić information content (AvgIpc) is 2.49. The molecule has 0 aliphatic rings. The van der Waals surface area contributed by atoms with Crippen LogP contribution in [-0.4, -0.2) is 23.6 Å². The summed E-state index contributed by atoms with van der Waals surface area (Å²) in [4.78, 5) is 9.02. The normalized spacial score (nSPS) is 12.2. The van der Waals surface area contributed by atoms with Crippen molar-refractivity contribution >= 4 is 0 Å². The molecule has 0 spiro atoms. The fourth-order valence-electron chi connectivity index (χ4n) is 2.20. The van der Waals surface area contributed by atoms with Gasteiger partial charge in [0.1, 0.15) is 11.4 Å². The van der Waals surface area contributed by atoms with Crippen molar-refractivity contribution in [2.45, 2.75) is 26.3 Å². The molecule has 1 N–H and O–H groups in total.